The monoisotopic (exact) mass is 392 g/mol. The zero-order chi connectivity index (χ0) is 21.1. The Labute approximate surface area is 172 Å². The Morgan fingerprint density at radius 3 is 2.28 bits per heavy atom. The number of benzene rings is 2. The van der Waals surface area contributed by atoms with Crippen molar-refractivity contribution in [1.82, 2.24) is 0 Å². The number of aliphatic hydroxyl groups is 1. The van der Waals surface area contributed by atoms with Gasteiger partial charge in [-0.1, -0.05) is 31.2 Å². The van der Waals surface area contributed by atoms with E-state index in [0.29, 0.717) is 5.69 Å². The maximum absolute atomic E-state index is 13.0. The summed E-state index contributed by atoms with van der Waals surface area (Å²) >= 11 is 0. The van der Waals surface area contributed by atoms with Gasteiger partial charge in [0, 0.05) is 30.9 Å². The van der Waals surface area contributed by atoms with E-state index in [2.05, 4.69) is 18.7 Å². The standard InChI is InChI=1S/C24H28N2O3/c1-5-20(27)21-22(17-11-13-18(14-12-17)25(6-2)7-3)26(24(29)23(21)28)19-10-8-9-16(4)15-19/h8-15,22,28H,5-7H2,1-4H3. The average Bonchev–Trinajstić information content (AvgIpc) is 3.00. The number of hydrogen-bond donors (Lipinski definition) is 1. The summed E-state index contributed by atoms with van der Waals surface area (Å²) in [6.07, 6.45) is 0.225. The average molecular weight is 392 g/mol. The van der Waals surface area contributed by atoms with Gasteiger partial charge < -0.3 is 10.0 Å². The topological polar surface area (TPSA) is 60.9 Å². The number of Topliss-reactive ketones (excluding diaryl/α,β-unsaturated/α-hetero) is 1. The lowest BCUT2D eigenvalue weighted by Crippen LogP contribution is -2.31. The van der Waals surface area contributed by atoms with Gasteiger partial charge in [0.15, 0.2) is 11.5 Å². The molecule has 0 saturated carbocycles. The summed E-state index contributed by atoms with van der Waals surface area (Å²) < 4.78 is 0. The van der Waals surface area contributed by atoms with Crippen LogP contribution in [0.2, 0.25) is 0 Å². The van der Waals surface area contributed by atoms with Crippen LogP contribution >= 0.6 is 0 Å². The molecule has 0 saturated heterocycles. The van der Waals surface area contributed by atoms with E-state index >= 15 is 0 Å². The number of ketones is 1. The largest absolute Gasteiger partial charge is 0.503 e. The predicted octanol–water partition coefficient (Wildman–Crippen LogP) is 4.72. The molecule has 3 rings (SSSR count). The van der Waals surface area contributed by atoms with E-state index in [4.69, 9.17) is 0 Å². The van der Waals surface area contributed by atoms with E-state index in [0.717, 1.165) is 29.9 Å². The van der Waals surface area contributed by atoms with E-state index < -0.39 is 17.7 Å². The second-order valence-corrected chi connectivity index (χ2v) is 7.22. The van der Waals surface area contributed by atoms with Crippen LogP contribution in [0.15, 0.2) is 59.9 Å². The molecule has 152 valence electrons. The van der Waals surface area contributed by atoms with E-state index in [1.165, 1.54) is 4.90 Å². The molecule has 1 heterocycles. The van der Waals surface area contributed by atoms with Gasteiger partial charge in [-0.05, 0) is 56.2 Å². The van der Waals surface area contributed by atoms with Gasteiger partial charge in [0.25, 0.3) is 5.91 Å². The van der Waals surface area contributed by atoms with E-state index in [9.17, 15) is 14.7 Å². The molecule has 1 atom stereocenters. The van der Waals surface area contributed by atoms with Crippen molar-refractivity contribution >= 4 is 23.1 Å². The van der Waals surface area contributed by atoms with Crippen LogP contribution in [0.3, 0.4) is 0 Å². The highest BCUT2D eigenvalue weighted by atomic mass is 16.3. The number of carbonyl (C=O) groups is 2. The molecule has 1 N–H and O–H groups in total. The van der Waals surface area contributed by atoms with Crippen molar-refractivity contribution in [1.29, 1.82) is 0 Å². The molecule has 1 aliphatic heterocycles. The van der Waals surface area contributed by atoms with Gasteiger partial charge in [0.05, 0.1) is 11.6 Å². The molecule has 5 heteroatoms. The van der Waals surface area contributed by atoms with Crippen LogP contribution in [-0.4, -0.2) is 29.9 Å². The van der Waals surface area contributed by atoms with Crippen molar-refractivity contribution < 1.29 is 14.7 Å². The van der Waals surface area contributed by atoms with Gasteiger partial charge in [-0.2, -0.15) is 0 Å². The van der Waals surface area contributed by atoms with Crippen molar-refractivity contribution in [3.63, 3.8) is 0 Å². The van der Waals surface area contributed by atoms with E-state index in [-0.39, 0.29) is 17.8 Å². The number of carbonyl (C=O) groups excluding carboxylic acids is 2. The fraction of sp³-hybridized carbons (Fsp3) is 0.333. The summed E-state index contributed by atoms with van der Waals surface area (Å²) in [7, 11) is 0. The molecule has 0 aliphatic carbocycles. The fourth-order valence-electron chi connectivity index (χ4n) is 3.90. The minimum Gasteiger partial charge on any atom is -0.503 e. The highest BCUT2D eigenvalue weighted by Crippen LogP contribution is 2.41. The minimum atomic E-state index is -0.637. The summed E-state index contributed by atoms with van der Waals surface area (Å²) in [6, 6.07) is 14.8. The molecule has 1 amide bonds. The molecular formula is C24H28N2O3. The van der Waals surface area contributed by atoms with Crippen molar-refractivity contribution in [3.8, 4) is 0 Å². The van der Waals surface area contributed by atoms with Crippen molar-refractivity contribution in [2.75, 3.05) is 22.9 Å². The molecule has 0 bridgehead atoms. The third-order valence-electron chi connectivity index (χ3n) is 5.45. The summed E-state index contributed by atoms with van der Waals surface area (Å²) in [5, 5.41) is 10.6. The van der Waals surface area contributed by atoms with E-state index in [1.807, 2.05) is 55.5 Å². The summed E-state index contributed by atoms with van der Waals surface area (Å²) in [5.41, 5.74) is 3.73. The molecule has 29 heavy (non-hydrogen) atoms. The second kappa shape index (κ2) is 8.52. The Morgan fingerprint density at radius 1 is 1.07 bits per heavy atom. The molecule has 0 aromatic heterocycles. The lowest BCUT2D eigenvalue weighted by atomic mass is 9.94. The number of aryl methyl sites for hydroxylation is 1. The minimum absolute atomic E-state index is 0.176. The first-order valence-corrected chi connectivity index (χ1v) is 10.1. The summed E-state index contributed by atoms with van der Waals surface area (Å²) in [4.78, 5) is 29.4. The first-order valence-electron chi connectivity index (χ1n) is 10.1. The van der Waals surface area contributed by atoms with Crippen LogP contribution in [-0.2, 0) is 9.59 Å². The van der Waals surface area contributed by atoms with Gasteiger partial charge in [-0.25, -0.2) is 0 Å². The van der Waals surface area contributed by atoms with Crippen molar-refractivity contribution in [3.05, 3.63) is 71.0 Å². The predicted molar refractivity (Wildman–Crippen MR) is 116 cm³/mol. The zero-order valence-electron chi connectivity index (χ0n) is 17.5. The highest BCUT2D eigenvalue weighted by molar-refractivity contribution is 6.16. The fourth-order valence-corrected chi connectivity index (χ4v) is 3.90. The lowest BCUT2D eigenvalue weighted by molar-refractivity contribution is -0.118. The Morgan fingerprint density at radius 2 is 1.72 bits per heavy atom. The Balaban J connectivity index is 2.11. The van der Waals surface area contributed by atoms with Crippen molar-refractivity contribution in [2.24, 2.45) is 0 Å². The second-order valence-electron chi connectivity index (χ2n) is 7.22. The lowest BCUT2D eigenvalue weighted by Gasteiger charge is -2.28. The van der Waals surface area contributed by atoms with E-state index in [1.54, 1.807) is 6.92 Å². The third-order valence-corrected chi connectivity index (χ3v) is 5.45. The molecule has 5 nitrogen and oxygen atoms in total. The van der Waals surface area contributed by atoms with Crippen LogP contribution in [0, 0.1) is 6.92 Å². The molecular weight excluding hydrogens is 364 g/mol. The Kier molecular flexibility index (Phi) is 6.06. The normalized spacial score (nSPS) is 16.5. The summed E-state index contributed by atoms with van der Waals surface area (Å²) in [5.74, 6) is -1.20. The Hall–Kier alpha value is -3.08. The molecule has 0 spiro atoms. The molecule has 2 aromatic carbocycles. The molecule has 1 unspecified atom stereocenters. The van der Waals surface area contributed by atoms with Crippen LogP contribution in [0.25, 0.3) is 0 Å². The number of hydrogen-bond acceptors (Lipinski definition) is 4. The highest BCUT2D eigenvalue weighted by Gasteiger charge is 2.43. The Bertz CT molecular complexity index is 943. The SMILES string of the molecule is CCC(=O)C1=C(O)C(=O)N(c2cccc(C)c2)C1c1ccc(N(CC)CC)cc1. The number of amides is 1. The molecule has 2 aromatic rings. The van der Waals surface area contributed by atoms with Crippen LogP contribution in [0.4, 0.5) is 11.4 Å². The maximum Gasteiger partial charge on any atom is 0.294 e. The molecule has 0 fully saturated rings. The maximum atomic E-state index is 13.0. The van der Waals surface area contributed by atoms with Gasteiger partial charge in [0.1, 0.15) is 0 Å². The molecule has 0 radical (unpaired) electrons. The smallest absolute Gasteiger partial charge is 0.294 e. The van der Waals surface area contributed by atoms with Crippen molar-refractivity contribution in [2.45, 2.75) is 40.2 Å². The van der Waals surface area contributed by atoms with Gasteiger partial charge in [0.2, 0.25) is 0 Å². The number of anilines is 2. The van der Waals surface area contributed by atoms with Gasteiger partial charge in [-0.15, -0.1) is 0 Å². The number of rotatable bonds is 7. The van der Waals surface area contributed by atoms with Crippen LogP contribution in [0.5, 0.6) is 0 Å². The number of aliphatic hydroxyl groups excluding tert-OH is 1. The van der Waals surface area contributed by atoms with Crippen LogP contribution < -0.4 is 9.80 Å². The quantitative estimate of drug-likeness (QED) is 0.741. The third kappa shape index (κ3) is 3.77. The van der Waals surface area contributed by atoms with Gasteiger partial charge >= 0.3 is 0 Å². The molecule has 1 aliphatic rings. The summed E-state index contributed by atoms with van der Waals surface area (Å²) in [6.45, 7) is 9.68. The number of nitrogens with zero attached hydrogens (tertiary/aromatic N) is 2. The zero-order valence-corrected chi connectivity index (χ0v) is 17.5. The first kappa shape index (κ1) is 20.6. The van der Waals surface area contributed by atoms with Crippen LogP contribution in [0.1, 0.15) is 44.4 Å². The van der Waals surface area contributed by atoms with Gasteiger partial charge in [-0.3, -0.25) is 14.5 Å². The first-order chi connectivity index (χ1) is 13.9.